The first-order chi connectivity index (χ1) is 7.76. The molecule has 0 bridgehead atoms. The maximum absolute atomic E-state index is 6.06. The normalized spacial score (nSPS) is 12.7. The van der Waals surface area contributed by atoms with Gasteiger partial charge in [-0.1, -0.05) is 19.9 Å². The van der Waals surface area contributed by atoms with Gasteiger partial charge in [-0.2, -0.15) is 11.8 Å². The second kappa shape index (κ2) is 7.69. The molecule has 0 spiro atoms. The molecule has 0 aliphatic heterocycles. The van der Waals surface area contributed by atoms with Crippen LogP contribution in [0, 0.1) is 0 Å². The zero-order valence-electron chi connectivity index (χ0n) is 10.3. The molecule has 1 aromatic heterocycles. The average molecular weight is 238 g/mol. The molecule has 0 fully saturated rings. The first kappa shape index (κ1) is 13.5. The summed E-state index contributed by atoms with van der Waals surface area (Å²) >= 11 is 1.94. The van der Waals surface area contributed by atoms with Crippen molar-refractivity contribution in [2.45, 2.75) is 39.2 Å². The fourth-order valence-corrected chi connectivity index (χ4v) is 2.37. The fraction of sp³-hybridized carbons (Fsp3) is 0.615. The van der Waals surface area contributed by atoms with Crippen molar-refractivity contribution in [3.63, 3.8) is 0 Å². The summed E-state index contributed by atoms with van der Waals surface area (Å²) in [6.07, 6.45) is 5.12. The van der Waals surface area contributed by atoms with Gasteiger partial charge < -0.3 is 5.73 Å². The van der Waals surface area contributed by atoms with Crippen molar-refractivity contribution in [2.24, 2.45) is 5.73 Å². The Hall–Kier alpha value is -0.540. The molecule has 0 aromatic carbocycles. The van der Waals surface area contributed by atoms with Crippen molar-refractivity contribution < 1.29 is 0 Å². The van der Waals surface area contributed by atoms with Gasteiger partial charge in [-0.05, 0) is 30.2 Å². The van der Waals surface area contributed by atoms with E-state index in [0.29, 0.717) is 0 Å². The van der Waals surface area contributed by atoms with Crippen molar-refractivity contribution in [1.29, 1.82) is 0 Å². The highest BCUT2D eigenvalue weighted by atomic mass is 32.2. The highest BCUT2D eigenvalue weighted by Crippen LogP contribution is 2.08. The molecular weight excluding hydrogens is 216 g/mol. The van der Waals surface area contributed by atoms with E-state index in [2.05, 4.69) is 31.0 Å². The van der Waals surface area contributed by atoms with Crippen LogP contribution in [0.3, 0.4) is 0 Å². The fourth-order valence-electron chi connectivity index (χ4n) is 1.49. The third kappa shape index (κ3) is 4.99. The van der Waals surface area contributed by atoms with E-state index in [4.69, 9.17) is 5.73 Å². The Kier molecular flexibility index (Phi) is 6.50. The predicted molar refractivity (Wildman–Crippen MR) is 72.9 cm³/mol. The van der Waals surface area contributed by atoms with E-state index < -0.39 is 0 Å². The second-order valence-corrected chi connectivity index (χ2v) is 5.20. The van der Waals surface area contributed by atoms with E-state index in [-0.39, 0.29) is 6.04 Å². The highest BCUT2D eigenvalue weighted by Gasteiger charge is 2.05. The van der Waals surface area contributed by atoms with E-state index in [9.17, 15) is 0 Å². The van der Waals surface area contributed by atoms with Crippen LogP contribution in [0.5, 0.6) is 0 Å². The summed E-state index contributed by atoms with van der Waals surface area (Å²) < 4.78 is 0. The van der Waals surface area contributed by atoms with Gasteiger partial charge in [-0.3, -0.25) is 4.98 Å². The smallest absolute Gasteiger partial charge is 0.0419 e. The second-order valence-electron chi connectivity index (χ2n) is 4.05. The van der Waals surface area contributed by atoms with Crippen molar-refractivity contribution in [3.05, 3.63) is 29.6 Å². The van der Waals surface area contributed by atoms with Gasteiger partial charge in [0.1, 0.15) is 0 Å². The van der Waals surface area contributed by atoms with E-state index >= 15 is 0 Å². The van der Waals surface area contributed by atoms with Crippen molar-refractivity contribution >= 4 is 11.8 Å². The number of hydrogen-bond donors (Lipinski definition) is 1. The van der Waals surface area contributed by atoms with Gasteiger partial charge in [0.2, 0.25) is 0 Å². The monoisotopic (exact) mass is 238 g/mol. The van der Waals surface area contributed by atoms with Crippen molar-refractivity contribution in [2.75, 3.05) is 11.5 Å². The van der Waals surface area contributed by atoms with Crippen molar-refractivity contribution in [3.8, 4) is 0 Å². The molecule has 0 aliphatic rings. The summed E-state index contributed by atoms with van der Waals surface area (Å²) in [5.74, 6) is 2.24. The lowest BCUT2D eigenvalue weighted by molar-refractivity contribution is 0.730. The number of hydrogen-bond acceptors (Lipinski definition) is 3. The Morgan fingerprint density at radius 1 is 1.38 bits per heavy atom. The summed E-state index contributed by atoms with van der Waals surface area (Å²) in [5, 5.41) is 0. The van der Waals surface area contributed by atoms with E-state index in [1.165, 1.54) is 17.7 Å². The van der Waals surface area contributed by atoms with Crippen LogP contribution in [0.15, 0.2) is 18.3 Å². The largest absolute Gasteiger partial charge is 0.327 e. The lowest BCUT2D eigenvalue weighted by Gasteiger charge is -2.10. The van der Waals surface area contributed by atoms with Crippen LogP contribution in [0.1, 0.15) is 31.5 Å². The molecule has 2 nitrogen and oxygen atoms in total. The topological polar surface area (TPSA) is 38.9 Å². The third-order valence-electron chi connectivity index (χ3n) is 2.45. The van der Waals surface area contributed by atoms with Crippen LogP contribution >= 0.6 is 11.8 Å². The summed E-state index contributed by atoms with van der Waals surface area (Å²) in [7, 11) is 0. The van der Waals surface area contributed by atoms with Crippen LogP contribution in [0.4, 0.5) is 0 Å². The molecule has 0 amide bonds. The van der Waals surface area contributed by atoms with Gasteiger partial charge in [-0.15, -0.1) is 0 Å². The molecule has 1 atom stereocenters. The zero-order valence-corrected chi connectivity index (χ0v) is 11.1. The number of thioether (sulfide) groups is 1. The molecule has 3 heteroatoms. The molecule has 1 rings (SSSR count). The Balaban J connectivity index is 2.34. The lowest BCUT2D eigenvalue weighted by Crippen LogP contribution is -2.26. The number of rotatable bonds is 7. The Morgan fingerprint density at radius 3 is 2.75 bits per heavy atom. The maximum atomic E-state index is 6.06. The van der Waals surface area contributed by atoms with E-state index in [1.807, 2.05) is 18.0 Å². The van der Waals surface area contributed by atoms with Gasteiger partial charge >= 0.3 is 0 Å². The molecule has 0 saturated carbocycles. The molecule has 2 N–H and O–H groups in total. The summed E-state index contributed by atoms with van der Waals surface area (Å²) in [4.78, 5) is 4.43. The average Bonchev–Trinajstić information content (AvgIpc) is 2.30. The minimum absolute atomic E-state index is 0.233. The molecule has 0 radical (unpaired) electrons. The SMILES string of the molecule is CCCSCC(N)Cc1ccc(CC)cn1. The van der Waals surface area contributed by atoms with E-state index in [0.717, 1.165) is 24.3 Å². The lowest BCUT2D eigenvalue weighted by atomic mass is 10.1. The molecule has 0 aliphatic carbocycles. The molecule has 90 valence electrons. The van der Waals surface area contributed by atoms with Gasteiger partial charge in [0.05, 0.1) is 0 Å². The Bertz CT molecular complexity index is 284. The number of pyridine rings is 1. The van der Waals surface area contributed by atoms with Crippen molar-refractivity contribution in [1.82, 2.24) is 4.98 Å². The summed E-state index contributed by atoms with van der Waals surface area (Å²) in [6.45, 7) is 4.34. The molecule has 1 aromatic rings. The number of nitrogens with zero attached hydrogens (tertiary/aromatic N) is 1. The van der Waals surface area contributed by atoms with E-state index in [1.54, 1.807) is 0 Å². The van der Waals surface area contributed by atoms with Gasteiger partial charge in [0.15, 0.2) is 0 Å². The zero-order chi connectivity index (χ0) is 11.8. The van der Waals surface area contributed by atoms with Gasteiger partial charge in [0.25, 0.3) is 0 Å². The van der Waals surface area contributed by atoms with Crippen LogP contribution in [0.25, 0.3) is 0 Å². The molecule has 1 unspecified atom stereocenters. The first-order valence-corrected chi connectivity index (χ1v) is 7.18. The van der Waals surface area contributed by atoms with Crippen LogP contribution in [-0.4, -0.2) is 22.5 Å². The number of aryl methyl sites for hydroxylation is 1. The van der Waals surface area contributed by atoms with Crippen LogP contribution in [0.2, 0.25) is 0 Å². The molecule has 0 saturated heterocycles. The minimum Gasteiger partial charge on any atom is -0.327 e. The standard InChI is InChI=1S/C13H22N2S/c1-3-7-16-10-12(14)8-13-6-5-11(4-2)9-15-13/h5-6,9,12H,3-4,7-8,10,14H2,1-2H3. The molecule has 1 heterocycles. The molecule has 16 heavy (non-hydrogen) atoms. The predicted octanol–water partition coefficient (Wildman–Crippen LogP) is 2.66. The van der Waals surface area contributed by atoms with Crippen LogP contribution < -0.4 is 5.73 Å². The first-order valence-electron chi connectivity index (χ1n) is 6.03. The summed E-state index contributed by atoms with van der Waals surface area (Å²) in [6, 6.07) is 4.48. The number of aromatic nitrogens is 1. The number of nitrogens with two attached hydrogens (primary N) is 1. The highest BCUT2D eigenvalue weighted by molar-refractivity contribution is 7.99. The Labute approximate surface area is 103 Å². The maximum Gasteiger partial charge on any atom is 0.0419 e. The molecular formula is C13H22N2S. The minimum atomic E-state index is 0.233. The Morgan fingerprint density at radius 2 is 2.19 bits per heavy atom. The van der Waals surface area contributed by atoms with Gasteiger partial charge in [-0.25, -0.2) is 0 Å². The van der Waals surface area contributed by atoms with Gasteiger partial charge in [0, 0.05) is 30.1 Å². The quantitative estimate of drug-likeness (QED) is 0.742. The van der Waals surface area contributed by atoms with Crippen LogP contribution in [-0.2, 0) is 12.8 Å². The summed E-state index contributed by atoms with van der Waals surface area (Å²) in [5.41, 5.74) is 8.46. The third-order valence-corrected chi connectivity index (χ3v) is 3.81.